The summed E-state index contributed by atoms with van der Waals surface area (Å²) in [6, 6.07) is 15.8. The number of benzene rings is 1. The number of aromatic nitrogens is 2. The smallest absolute Gasteiger partial charge is 0.249 e. The van der Waals surface area contributed by atoms with Gasteiger partial charge in [-0.25, -0.2) is 13.8 Å². The van der Waals surface area contributed by atoms with E-state index in [1.54, 1.807) is 6.20 Å². The Morgan fingerprint density at radius 2 is 1.84 bits per heavy atom. The van der Waals surface area contributed by atoms with E-state index in [0.717, 1.165) is 33.8 Å². The minimum absolute atomic E-state index is 0.0785. The third-order valence-corrected chi connectivity index (χ3v) is 5.47. The molecule has 1 aliphatic rings. The molecule has 1 saturated heterocycles. The molecular formula is C25H27F2N3O. The molecule has 1 fully saturated rings. The first-order chi connectivity index (χ1) is 14.9. The molecule has 4 nitrogen and oxygen atoms in total. The van der Waals surface area contributed by atoms with Crippen LogP contribution in [0, 0.1) is 13.8 Å². The third kappa shape index (κ3) is 5.37. The van der Waals surface area contributed by atoms with Crippen LogP contribution in [0.2, 0.25) is 0 Å². The molecule has 4 rings (SSSR count). The van der Waals surface area contributed by atoms with Gasteiger partial charge < -0.3 is 9.64 Å². The second-order valence-electron chi connectivity index (χ2n) is 8.18. The van der Waals surface area contributed by atoms with Gasteiger partial charge in [0.05, 0.1) is 5.69 Å². The number of hydrogen-bond acceptors (Lipinski definition) is 4. The Morgan fingerprint density at radius 3 is 2.65 bits per heavy atom. The molecule has 0 atom stereocenters. The van der Waals surface area contributed by atoms with Gasteiger partial charge in [0.25, 0.3) is 0 Å². The molecule has 0 radical (unpaired) electrons. The topological polar surface area (TPSA) is 38.2 Å². The van der Waals surface area contributed by atoms with E-state index in [4.69, 9.17) is 9.72 Å². The van der Waals surface area contributed by atoms with Crippen molar-refractivity contribution in [3.05, 3.63) is 71.5 Å². The summed E-state index contributed by atoms with van der Waals surface area (Å²) in [6.07, 6.45) is 1.98. The zero-order valence-corrected chi connectivity index (χ0v) is 17.9. The van der Waals surface area contributed by atoms with Crippen LogP contribution in [0.15, 0.2) is 54.7 Å². The summed E-state index contributed by atoms with van der Waals surface area (Å²) in [7, 11) is 0. The zero-order chi connectivity index (χ0) is 21.8. The Morgan fingerprint density at radius 1 is 1.03 bits per heavy atom. The van der Waals surface area contributed by atoms with Gasteiger partial charge >= 0.3 is 0 Å². The third-order valence-electron chi connectivity index (χ3n) is 5.47. The monoisotopic (exact) mass is 423 g/mol. The minimum atomic E-state index is -2.61. The molecule has 0 saturated carbocycles. The van der Waals surface area contributed by atoms with Crippen LogP contribution in [0.25, 0.3) is 11.3 Å². The Balaban J connectivity index is 1.64. The maximum Gasteiger partial charge on any atom is 0.249 e. The van der Waals surface area contributed by atoms with Crippen molar-refractivity contribution in [2.45, 2.75) is 45.6 Å². The van der Waals surface area contributed by atoms with E-state index in [1.165, 1.54) is 0 Å². The molecule has 3 aromatic rings. The molecule has 162 valence electrons. The highest BCUT2D eigenvalue weighted by molar-refractivity contribution is 5.75. The molecule has 1 aromatic carbocycles. The second-order valence-corrected chi connectivity index (χ2v) is 8.18. The van der Waals surface area contributed by atoms with Crippen LogP contribution in [-0.4, -0.2) is 29.0 Å². The van der Waals surface area contributed by atoms with Gasteiger partial charge in [0.1, 0.15) is 18.2 Å². The fourth-order valence-corrected chi connectivity index (χ4v) is 3.88. The van der Waals surface area contributed by atoms with Crippen LogP contribution >= 0.6 is 0 Å². The molecule has 0 N–H and O–H groups in total. The molecule has 6 heteroatoms. The number of nitrogens with zero attached hydrogens (tertiary/aromatic N) is 3. The number of halogens is 2. The van der Waals surface area contributed by atoms with Gasteiger partial charge in [-0.05, 0) is 37.5 Å². The quantitative estimate of drug-likeness (QED) is 0.507. The highest BCUT2D eigenvalue weighted by atomic mass is 19.3. The first kappa shape index (κ1) is 21.2. The van der Waals surface area contributed by atoms with Crippen LogP contribution in [0.1, 0.15) is 36.1 Å². The number of aryl methyl sites for hydroxylation is 2. The SMILES string of the molecule is Cc1cnc(N2CCCC(F)(F)CC2)c(-c2cc(OCc3ccccc3)cc(C)n2)c1. The zero-order valence-electron chi connectivity index (χ0n) is 17.9. The van der Waals surface area contributed by atoms with Crippen LogP contribution in [-0.2, 0) is 6.61 Å². The van der Waals surface area contributed by atoms with E-state index >= 15 is 0 Å². The fraction of sp³-hybridized carbons (Fsp3) is 0.360. The van der Waals surface area contributed by atoms with E-state index in [2.05, 4.69) is 4.98 Å². The number of anilines is 1. The largest absolute Gasteiger partial charge is 0.489 e. The van der Waals surface area contributed by atoms with Crippen molar-refractivity contribution in [2.24, 2.45) is 0 Å². The van der Waals surface area contributed by atoms with Crippen LogP contribution in [0.5, 0.6) is 5.75 Å². The van der Waals surface area contributed by atoms with E-state index in [1.807, 2.05) is 67.3 Å². The summed E-state index contributed by atoms with van der Waals surface area (Å²) in [6.45, 7) is 5.19. The first-order valence-electron chi connectivity index (χ1n) is 10.6. The lowest BCUT2D eigenvalue weighted by Gasteiger charge is -2.24. The average molecular weight is 424 g/mol. The van der Waals surface area contributed by atoms with E-state index in [-0.39, 0.29) is 19.4 Å². The van der Waals surface area contributed by atoms with Gasteiger partial charge in [-0.2, -0.15) is 0 Å². The lowest BCUT2D eigenvalue weighted by Crippen LogP contribution is -2.27. The van der Waals surface area contributed by atoms with Crippen molar-refractivity contribution in [3.63, 3.8) is 0 Å². The minimum Gasteiger partial charge on any atom is -0.489 e. The van der Waals surface area contributed by atoms with Crippen molar-refractivity contribution in [3.8, 4) is 17.0 Å². The summed E-state index contributed by atoms with van der Waals surface area (Å²) in [5.41, 5.74) is 4.50. The van der Waals surface area contributed by atoms with Gasteiger partial charge in [-0.1, -0.05) is 30.3 Å². The average Bonchev–Trinajstić information content (AvgIpc) is 2.93. The number of rotatable bonds is 5. The summed E-state index contributed by atoms with van der Waals surface area (Å²) < 4.78 is 33.8. The van der Waals surface area contributed by atoms with Gasteiger partial charge in [-0.3, -0.25) is 4.98 Å². The molecule has 0 unspecified atom stereocenters. The van der Waals surface area contributed by atoms with E-state index in [9.17, 15) is 8.78 Å². The van der Waals surface area contributed by atoms with Gasteiger partial charge in [0.2, 0.25) is 5.92 Å². The number of ether oxygens (including phenoxy) is 1. The lowest BCUT2D eigenvalue weighted by molar-refractivity contribution is -0.0102. The van der Waals surface area contributed by atoms with Gasteiger partial charge in [0, 0.05) is 55.5 Å². The Bertz CT molecular complexity index is 1040. The second kappa shape index (κ2) is 9.00. The summed E-state index contributed by atoms with van der Waals surface area (Å²) in [5.74, 6) is -1.18. The van der Waals surface area contributed by atoms with Crippen molar-refractivity contribution < 1.29 is 13.5 Å². The standard InChI is InChI=1S/C25H27F2N3O/c1-18-13-22(24(28-16-18)30-11-6-9-25(26,27)10-12-30)23-15-21(14-19(2)29-23)31-17-20-7-4-3-5-8-20/h3-5,7-8,13-16H,6,9-12,17H2,1-2H3. The van der Waals surface area contributed by atoms with Gasteiger partial charge in [0.15, 0.2) is 0 Å². The Hall–Kier alpha value is -3.02. The van der Waals surface area contributed by atoms with Crippen molar-refractivity contribution in [1.29, 1.82) is 0 Å². The Kier molecular flexibility index (Phi) is 6.16. The fourth-order valence-electron chi connectivity index (χ4n) is 3.88. The summed E-state index contributed by atoms with van der Waals surface area (Å²) >= 11 is 0. The maximum atomic E-state index is 13.9. The maximum absolute atomic E-state index is 13.9. The molecule has 0 bridgehead atoms. The van der Waals surface area contributed by atoms with E-state index < -0.39 is 5.92 Å². The van der Waals surface area contributed by atoms with Crippen LogP contribution in [0.3, 0.4) is 0 Å². The predicted octanol–water partition coefficient (Wildman–Crippen LogP) is 5.97. The molecule has 2 aromatic heterocycles. The summed E-state index contributed by atoms with van der Waals surface area (Å²) in [4.78, 5) is 11.3. The number of alkyl halides is 2. The molecule has 0 amide bonds. The van der Waals surface area contributed by atoms with Crippen molar-refractivity contribution in [1.82, 2.24) is 9.97 Å². The number of hydrogen-bond donors (Lipinski definition) is 0. The summed E-state index contributed by atoms with van der Waals surface area (Å²) in [5, 5.41) is 0. The highest BCUT2D eigenvalue weighted by Crippen LogP contribution is 2.35. The number of pyridine rings is 2. The lowest BCUT2D eigenvalue weighted by atomic mass is 10.1. The molecular weight excluding hydrogens is 396 g/mol. The Labute approximate surface area is 181 Å². The van der Waals surface area contributed by atoms with Crippen molar-refractivity contribution in [2.75, 3.05) is 18.0 Å². The normalized spacial score (nSPS) is 16.1. The van der Waals surface area contributed by atoms with E-state index in [0.29, 0.717) is 25.4 Å². The molecule has 31 heavy (non-hydrogen) atoms. The predicted molar refractivity (Wildman–Crippen MR) is 119 cm³/mol. The molecule has 0 aliphatic carbocycles. The highest BCUT2D eigenvalue weighted by Gasteiger charge is 2.32. The first-order valence-corrected chi connectivity index (χ1v) is 10.6. The van der Waals surface area contributed by atoms with Crippen LogP contribution < -0.4 is 9.64 Å². The van der Waals surface area contributed by atoms with Crippen LogP contribution in [0.4, 0.5) is 14.6 Å². The molecule has 1 aliphatic heterocycles. The van der Waals surface area contributed by atoms with Crippen molar-refractivity contribution >= 4 is 5.82 Å². The molecule has 3 heterocycles. The van der Waals surface area contributed by atoms with Gasteiger partial charge in [-0.15, -0.1) is 0 Å². The molecule has 0 spiro atoms.